The quantitative estimate of drug-likeness (QED) is 0.566. The summed E-state index contributed by atoms with van der Waals surface area (Å²) >= 11 is 7.91. The molecule has 0 saturated heterocycles. The molecular formula is C16H12ClN2S+. The van der Waals surface area contributed by atoms with Gasteiger partial charge in [0.15, 0.2) is 0 Å². The normalized spacial score (nSPS) is 12.2. The largest absolute Gasteiger partial charge is 0.330 e. The molecule has 0 atom stereocenters. The molecule has 4 heteroatoms. The van der Waals surface area contributed by atoms with Gasteiger partial charge in [-0.25, -0.2) is 4.98 Å². The van der Waals surface area contributed by atoms with Crippen LogP contribution in [-0.4, -0.2) is 0 Å². The number of aromatic nitrogens is 1. The maximum Gasteiger partial charge on any atom is 0.330 e. The Morgan fingerprint density at radius 1 is 1.10 bits per heavy atom. The standard InChI is InChI=1S/C16H11ClN2S/c17-13-4-2-1-3-11(13)9-5-6-12-10(7-9)8-14-15(12)19-16(18)20-14/h1-7H,8H2,(H2,18,19)/p+1. The number of nitrogens with one attached hydrogen (secondary N) is 1. The van der Waals surface area contributed by atoms with Crippen LogP contribution in [-0.2, 0) is 6.42 Å². The lowest BCUT2D eigenvalue weighted by atomic mass is 10.00. The number of fused-ring (bicyclic) bond motifs is 3. The molecule has 0 saturated carbocycles. The number of thiazole rings is 1. The van der Waals surface area contributed by atoms with Crippen molar-refractivity contribution >= 4 is 28.1 Å². The zero-order chi connectivity index (χ0) is 13.7. The van der Waals surface area contributed by atoms with Gasteiger partial charge >= 0.3 is 5.13 Å². The molecule has 98 valence electrons. The minimum atomic E-state index is 0.774. The van der Waals surface area contributed by atoms with E-state index in [1.807, 2.05) is 18.2 Å². The van der Waals surface area contributed by atoms with Crippen LogP contribution in [0, 0.1) is 0 Å². The fraction of sp³-hybridized carbons (Fsp3) is 0.0625. The van der Waals surface area contributed by atoms with Crippen LogP contribution in [0.4, 0.5) is 5.13 Å². The van der Waals surface area contributed by atoms with E-state index in [-0.39, 0.29) is 0 Å². The van der Waals surface area contributed by atoms with E-state index in [1.165, 1.54) is 21.7 Å². The Labute approximate surface area is 125 Å². The van der Waals surface area contributed by atoms with Gasteiger partial charge in [-0.2, -0.15) is 0 Å². The lowest BCUT2D eigenvalue weighted by Crippen LogP contribution is -2.06. The van der Waals surface area contributed by atoms with Gasteiger partial charge in [-0.05, 0) is 29.3 Å². The molecule has 0 amide bonds. The van der Waals surface area contributed by atoms with Crippen molar-refractivity contribution in [3.63, 3.8) is 0 Å². The van der Waals surface area contributed by atoms with Crippen molar-refractivity contribution in [2.24, 2.45) is 0 Å². The number of hydrogen-bond donors (Lipinski definition) is 1. The summed E-state index contributed by atoms with van der Waals surface area (Å²) < 4.78 is 0. The summed E-state index contributed by atoms with van der Waals surface area (Å²) in [4.78, 5) is 4.57. The second-order valence-corrected chi connectivity index (χ2v) is 6.46. The summed E-state index contributed by atoms with van der Waals surface area (Å²) in [5.74, 6) is 0. The first kappa shape index (κ1) is 11.9. The molecule has 0 aliphatic heterocycles. The van der Waals surface area contributed by atoms with Crippen molar-refractivity contribution in [1.82, 2.24) is 0 Å². The summed E-state index contributed by atoms with van der Waals surface area (Å²) in [7, 11) is 0. The second kappa shape index (κ2) is 4.33. The number of H-pyrrole nitrogens is 1. The molecule has 1 aliphatic rings. The van der Waals surface area contributed by atoms with Crippen LogP contribution < -0.4 is 10.7 Å². The molecule has 1 aromatic heterocycles. The van der Waals surface area contributed by atoms with Gasteiger partial charge in [0.1, 0.15) is 5.69 Å². The molecule has 1 heterocycles. The van der Waals surface area contributed by atoms with Crippen LogP contribution in [0.2, 0.25) is 5.02 Å². The first-order valence-corrected chi connectivity index (χ1v) is 7.60. The number of nitrogen functional groups attached to an aromatic ring is 1. The Morgan fingerprint density at radius 3 is 2.80 bits per heavy atom. The Balaban J connectivity index is 1.84. The smallest absolute Gasteiger partial charge is 0.278 e. The predicted molar refractivity (Wildman–Crippen MR) is 84.0 cm³/mol. The molecule has 2 nitrogen and oxygen atoms in total. The van der Waals surface area contributed by atoms with Crippen molar-refractivity contribution < 1.29 is 4.98 Å². The van der Waals surface area contributed by atoms with E-state index in [0.29, 0.717) is 0 Å². The predicted octanol–water partition coefficient (Wildman–Crippen LogP) is 4.04. The highest BCUT2D eigenvalue weighted by Crippen LogP contribution is 2.40. The monoisotopic (exact) mass is 299 g/mol. The number of rotatable bonds is 1. The summed E-state index contributed by atoms with van der Waals surface area (Å²) in [5.41, 5.74) is 11.8. The van der Waals surface area contributed by atoms with E-state index in [2.05, 4.69) is 29.2 Å². The molecule has 0 fully saturated rings. The Kier molecular flexibility index (Phi) is 2.59. The van der Waals surface area contributed by atoms with Gasteiger partial charge in [0.25, 0.3) is 0 Å². The molecule has 0 unspecified atom stereocenters. The highest BCUT2D eigenvalue weighted by atomic mass is 35.5. The van der Waals surface area contributed by atoms with Gasteiger partial charge in [-0.3, -0.25) is 5.73 Å². The van der Waals surface area contributed by atoms with Crippen LogP contribution in [0.3, 0.4) is 0 Å². The van der Waals surface area contributed by atoms with Crippen LogP contribution in [0.1, 0.15) is 10.4 Å². The lowest BCUT2D eigenvalue weighted by molar-refractivity contribution is -0.340. The number of nitrogens with two attached hydrogens (primary N) is 1. The average molecular weight is 300 g/mol. The summed E-state index contributed by atoms with van der Waals surface area (Å²) in [6, 6.07) is 14.5. The number of halogens is 1. The van der Waals surface area contributed by atoms with E-state index in [9.17, 15) is 0 Å². The fourth-order valence-corrected chi connectivity index (χ4v) is 3.92. The first-order valence-electron chi connectivity index (χ1n) is 6.41. The van der Waals surface area contributed by atoms with Gasteiger partial charge in [-0.15, -0.1) is 0 Å². The average Bonchev–Trinajstić information content (AvgIpc) is 2.94. The second-order valence-electron chi connectivity index (χ2n) is 4.92. The van der Waals surface area contributed by atoms with E-state index < -0.39 is 0 Å². The third-order valence-electron chi connectivity index (χ3n) is 3.67. The molecule has 20 heavy (non-hydrogen) atoms. The number of hydrogen-bond acceptors (Lipinski definition) is 2. The van der Waals surface area contributed by atoms with Gasteiger partial charge in [0.2, 0.25) is 0 Å². The van der Waals surface area contributed by atoms with E-state index >= 15 is 0 Å². The van der Waals surface area contributed by atoms with Crippen LogP contribution >= 0.6 is 22.9 Å². The van der Waals surface area contributed by atoms with Gasteiger partial charge in [0.05, 0.1) is 4.88 Å². The third-order valence-corrected chi connectivity index (χ3v) is 4.92. The number of anilines is 1. The van der Waals surface area contributed by atoms with E-state index in [1.54, 1.807) is 11.3 Å². The van der Waals surface area contributed by atoms with Gasteiger partial charge < -0.3 is 0 Å². The minimum absolute atomic E-state index is 0.774. The highest BCUT2D eigenvalue weighted by Gasteiger charge is 2.25. The Morgan fingerprint density at radius 2 is 1.95 bits per heavy atom. The van der Waals surface area contributed by atoms with Crippen LogP contribution in [0.15, 0.2) is 42.5 Å². The SMILES string of the molecule is Nc1[nH+]c2c(s1)Cc1cc(-c3ccccc3Cl)ccc1-2. The van der Waals surface area contributed by atoms with Gasteiger partial charge in [-0.1, -0.05) is 47.2 Å². The third kappa shape index (κ3) is 1.74. The topological polar surface area (TPSA) is 40.2 Å². The number of benzene rings is 2. The van der Waals surface area contributed by atoms with Crippen molar-refractivity contribution in [3.8, 4) is 22.4 Å². The lowest BCUT2D eigenvalue weighted by Gasteiger charge is -2.06. The van der Waals surface area contributed by atoms with E-state index in [4.69, 9.17) is 17.3 Å². The first-order chi connectivity index (χ1) is 9.72. The van der Waals surface area contributed by atoms with E-state index in [0.717, 1.165) is 27.7 Å². The molecule has 0 radical (unpaired) electrons. The van der Waals surface area contributed by atoms with Crippen molar-refractivity contribution in [1.29, 1.82) is 0 Å². The molecule has 3 aromatic rings. The number of aromatic amines is 1. The zero-order valence-corrected chi connectivity index (χ0v) is 12.2. The maximum atomic E-state index is 6.28. The maximum absolute atomic E-state index is 6.28. The Bertz CT molecular complexity index is 823. The summed E-state index contributed by atoms with van der Waals surface area (Å²) in [5, 5.41) is 1.56. The van der Waals surface area contributed by atoms with Crippen LogP contribution in [0.5, 0.6) is 0 Å². The zero-order valence-electron chi connectivity index (χ0n) is 10.6. The Hall–Kier alpha value is -1.84. The molecule has 1 aliphatic carbocycles. The summed E-state index contributed by atoms with van der Waals surface area (Å²) in [6.07, 6.45) is 0.946. The van der Waals surface area contributed by atoms with Crippen molar-refractivity contribution in [2.45, 2.75) is 6.42 Å². The molecule has 0 spiro atoms. The molecule has 0 bridgehead atoms. The highest BCUT2D eigenvalue weighted by molar-refractivity contribution is 7.15. The fourth-order valence-electron chi connectivity index (χ4n) is 2.76. The minimum Gasteiger partial charge on any atom is -0.278 e. The van der Waals surface area contributed by atoms with Gasteiger partial charge in [0, 0.05) is 22.6 Å². The van der Waals surface area contributed by atoms with Crippen molar-refractivity contribution in [3.05, 3.63) is 57.9 Å². The molecular weight excluding hydrogens is 288 g/mol. The molecule has 2 aromatic carbocycles. The van der Waals surface area contributed by atoms with Crippen molar-refractivity contribution in [2.75, 3.05) is 5.73 Å². The molecule has 3 N–H and O–H groups in total. The van der Waals surface area contributed by atoms with Crippen LogP contribution in [0.25, 0.3) is 22.4 Å². The molecule has 4 rings (SSSR count). The summed E-state index contributed by atoms with van der Waals surface area (Å²) in [6.45, 7) is 0.